The second kappa shape index (κ2) is 8.26. The van der Waals surface area contributed by atoms with Crippen molar-refractivity contribution in [3.05, 3.63) is 65.1 Å². The molecule has 0 radical (unpaired) electrons. The minimum absolute atomic E-state index is 0.0231. The van der Waals surface area contributed by atoms with Crippen LogP contribution in [-0.2, 0) is 16.1 Å². The number of esters is 1. The van der Waals surface area contributed by atoms with Crippen LogP contribution in [0.1, 0.15) is 45.1 Å². The van der Waals surface area contributed by atoms with Gasteiger partial charge in [-0.2, -0.15) is 0 Å². The van der Waals surface area contributed by atoms with Crippen molar-refractivity contribution < 1.29 is 23.5 Å². The van der Waals surface area contributed by atoms with Crippen molar-refractivity contribution in [2.45, 2.75) is 26.3 Å². The Morgan fingerprint density at radius 1 is 1.10 bits per heavy atom. The second-order valence-corrected chi connectivity index (χ2v) is 7.84. The van der Waals surface area contributed by atoms with E-state index in [4.69, 9.17) is 9.15 Å². The summed E-state index contributed by atoms with van der Waals surface area (Å²) in [6, 6.07) is 12.9. The Morgan fingerprint density at radius 2 is 1.77 bits per heavy atom. The van der Waals surface area contributed by atoms with Crippen molar-refractivity contribution in [1.82, 2.24) is 4.90 Å². The van der Waals surface area contributed by atoms with Crippen molar-refractivity contribution in [3.63, 3.8) is 0 Å². The molecule has 0 bridgehead atoms. The first-order valence-electron chi connectivity index (χ1n) is 10.1. The minimum atomic E-state index is -0.485. The van der Waals surface area contributed by atoms with Gasteiger partial charge in [-0.15, -0.1) is 0 Å². The predicted molar refractivity (Wildman–Crippen MR) is 116 cm³/mol. The lowest BCUT2D eigenvalue weighted by Crippen LogP contribution is -2.27. The Labute approximate surface area is 180 Å². The highest BCUT2D eigenvalue weighted by atomic mass is 16.5. The van der Waals surface area contributed by atoms with E-state index >= 15 is 0 Å². The fourth-order valence-electron chi connectivity index (χ4n) is 3.55. The average Bonchev–Trinajstić information content (AvgIpc) is 3.55. The van der Waals surface area contributed by atoms with Crippen LogP contribution in [-0.4, -0.2) is 36.8 Å². The average molecular weight is 420 g/mol. The number of fused-ring (bicyclic) bond motifs is 1. The van der Waals surface area contributed by atoms with Crippen LogP contribution in [0.25, 0.3) is 10.8 Å². The molecule has 0 aliphatic heterocycles. The third kappa shape index (κ3) is 4.30. The van der Waals surface area contributed by atoms with Crippen LogP contribution in [0, 0.1) is 12.8 Å². The number of hydrogen-bond acceptors (Lipinski definition) is 5. The van der Waals surface area contributed by atoms with Gasteiger partial charge in [0.15, 0.2) is 0 Å². The lowest BCUT2D eigenvalue weighted by Gasteiger charge is -2.19. The first kappa shape index (κ1) is 20.7. The maximum Gasteiger partial charge on any atom is 0.341 e. The van der Waals surface area contributed by atoms with Gasteiger partial charge < -0.3 is 19.4 Å². The molecule has 0 unspecified atom stereocenters. The molecule has 160 valence electrons. The topological polar surface area (TPSA) is 88.9 Å². The zero-order valence-corrected chi connectivity index (χ0v) is 17.7. The number of amides is 2. The van der Waals surface area contributed by atoms with Crippen molar-refractivity contribution in [1.29, 1.82) is 0 Å². The molecular weight excluding hydrogens is 396 g/mol. The molecule has 7 heteroatoms. The first-order valence-corrected chi connectivity index (χ1v) is 10.1. The molecule has 0 saturated heterocycles. The number of furan rings is 1. The van der Waals surface area contributed by atoms with Crippen LogP contribution >= 0.6 is 0 Å². The Hall–Kier alpha value is -3.61. The number of methoxy groups -OCH3 is 1. The molecule has 1 fully saturated rings. The summed E-state index contributed by atoms with van der Waals surface area (Å²) in [5.74, 6) is 0.127. The largest absolute Gasteiger partial charge is 0.465 e. The first-order chi connectivity index (χ1) is 14.9. The molecule has 2 aromatic carbocycles. The number of carbonyl (C=O) groups is 3. The lowest BCUT2D eigenvalue weighted by atomic mass is 10.0. The van der Waals surface area contributed by atoms with Gasteiger partial charge in [0.05, 0.1) is 24.9 Å². The molecule has 31 heavy (non-hydrogen) atoms. The SMILES string of the molecule is COC(=O)c1cc(CN(C)C(=O)c2cc3ccccc3cc2NC(=O)C2CC2)oc1C. The quantitative estimate of drug-likeness (QED) is 0.605. The third-order valence-electron chi connectivity index (χ3n) is 5.44. The van der Waals surface area contributed by atoms with Crippen LogP contribution in [0.4, 0.5) is 5.69 Å². The molecule has 0 atom stereocenters. The summed E-state index contributed by atoms with van der Waals surface area (Å²) in [4.78, 5) is 39.0. The van der Waals surface area contributed by atoms with Crippen LogP contribution in [0.3, 0.4) is 0 Å². The molecule has 1 N–H and O–H groups in total. The molecule has 1 aliphatic rings. The third-order valence-corrected chi connectivity index (χ3v) is 5.44. The predicted octanol–water partition coefficient (Wildman–Crippen LogP) is 4.15. The summed E-state index contributed by atoms with van der Waals surface area (Å²) >= 11 is 0. The lowest BCUT2D eigenvalue weighted by molar-refractivity contribution is -0.117. The van der Waals surface area contributed by atoms with Crippen LogP contribution < -0.4 is 5.32 Å². The van der Waals surface area contributed by atoms with Gasteiger partial charge in [0.2, 0.25) is 5.91 Å². The monoisotopic (exact) mass is 420 g/mol. The second-order valence-electron chi connectivity index (χ2n) is 7.84. The number of nitrogens with zero attached hydrogens (tertiary/aromatic N) is 1. The Morgan fingerprint density at radius 3 is 2.42 bits per heavy atom. The molecule has 1 heterocycles. The normalized spacial score (nSPS) is 13.1. The van der Waals surface area contributed by atoms with E-state index in [2.05, 4.69) is 5.32 Å². The Balaban J connectivity index is 1.62. The van der Waals surface area contributed by atoms with E-state index in [0.29, 0.717) is 28.3 Å². The van der Waals surface area contributed by atoms with Gasteiger partial charge in [0.25, 0.3) is 5.91 Å². The summed E-state index contributed by atoms with van der Waals surface area (Å²) in [7, 11) is 2.96. The van der Waals surface area contributed by atoms with Crippen LogP contribution in [0.2, 0.25) is 0 Å². The maximum absolute atomic E-state index is 13.3. The van der Waals surface area contributed by atoms with Crippen molar-refractivity contribution in [3.8, 4) is 0 Å². The number of hydrogen-bond donors (Lipinski definition) is 1. The van der Waals surface area contributed by atoms with E-state index < -0.39 is 5.97 Å². The van der Waals surface area contributed by atoms with E-state index in [1.807, 2.05) is 30.3 Å². The van der Waals surface area contributed by atoms with Gasteiger partial charge in [-0.3, -0.25) is 9.59 Å². The van der Waals surface area contributed by atoms with E-state index in [-0.39, 0.29) is 24.3 Å². The number of aryl methyl sites for hydroxylation is 1. The van der Waals surface area contributed by atoms with Crippen molar-refractivity contribution >= 4 is 34.2 Å². The summed E-state index contributed by atoms with van der Waals surface area (Å²) in [5, 5.41) is 4.78. The summed E-state index contributed by atoms with van der Waals surface area (Å²) < 4.78 is 10.4. The number of anilines is 1. The van der Waals surface area contributed by atoms with E-state index in [9.17, 15) is 14.4 Å². The number of benzene rings is 2. The number of nitrogens with one attached hydrogen (secondary N) is 1. The molecule has 0 spiro atoms. The van der Waals surface area contributed by atoms with Crippen molar-refractivity contribution in [2.24, 2.45) is 5.92 Å². The summed E-state index contributed by atoms with van der Waals surface area (Å²) in [6.45, 7) is 1.84. The summed E-state index contributed by atoms with van der Waals surface area (Å²) in [6.07, 6.45) is 1.76. The van der Waals surface area contributed by atoms with Crippen LogP contribution in [0.15, 0.2) is 46.9 Å². The van der Waals surface area contributed by atoms with Gasteiger partial charge in [-0.1, -0.05) is 24.3 Å². The smallest absolute Gasteiger partial charge is 0.341 e. The number of rotatable bonds is 6. The fourth-order valence-corrected chi connectivity index (χ4v) is 3.55. The van der Waals surface area contributed by atoms with Gasteiger partial charge in [-0.05, 0) is 48.7 Å². The highest BCUT2D eigenvalue weighted by molar-refractivity contribution is 6.08. The van der Waals surface area contributed by atoms with Crippen molar-refractivity contribution in [2.75, 3.05) is 19.5 Å². The van der Waals surface area contributed by atoms with E-state index in [1.165, 1.54) is 12.0 Å². The van der Waals surface area contributed by atoms with E-state index in [1.54, 1.807) is 26.1 Å². The fraction of sp³-hybridized carbons (Fsp3) is 0.292. The number of ether oxygens (including phenoxy) is 1. The van der Waals surface area contributed by atoms with Gasteiger partial charge >= 0.3 is 5.97 Å². The molecule has 1 aliphatic carbocycles. The molecule has 4 rings (SSSR count). The molecule has 1 saturated carbocycles. The minimum Gasteiger partial charge on any atom is -0.465 e. The van der Waals surface area contributed by atoms with Crippen LogP contribution in [0.5, 0.6) is 0 Å². The zero-order chi connectivity index (χ0) is 22.1. The zero-order valence-electron chi connectivity index (χ0n) is 17.7. The molecule has 2 amide bonds. The van der Waals surface area contributed by atoms with Gasteiger partial charge in [-0.25, -0.2) is 4.79 Å². The van der Waals surface area contributed by atoms with Gasteiger partial charge in [0.1, 0.15) is 17.1 Å². The maximum atomic E-state index is 13.3. The van der Waals surface area contributed by atoms with E-state index in [0.717, 1.165) is 23.6 Å². The highest BCUT2D eigenvalue weighted by Gasteiger charge is 2.31. The Bertz CT molecular complexity index is 1180. The molecule has 3 aromatic rings. The number of carbonyl (C=O) groups excluding carboxylic acids is 3. The molecular formula is C24H24N2O5. The summed E-state index contributed by atoms with van der Waals surface area (Å²) in [5.41, 5.74) is 1.24. The molecule has 7 nitrogen and oxygen atoms in total. The standard InChI is InChI=1S/C24H24N2O5/c1-14-19(24(29)30-3)12-18(31-14)13-26(2)23(28)20-10-16-6-4-5-7-17(16)11-21(20)25-22(27)15-8-9-15/h4-7,10-12,15H,8-9,13H2,1-3H3,(H,25,27). The molecule has 1 aromatic heterocycles. The highest BCUT2D eigenvalue weighted by Crippen LogP contribution is 2.32. The Kier molecular flexibility index (Phi) is 5.50. The van der Waals surface area contributed by atoms with Gasteiger partial charge in [0, 0.05) is 13.0 Å².